The van der Waals surface area contributed by atoms with Crippen molar-refractivity contribution in [3.63, 3.8) is 0 Å². The van der Waals surface area contributed by atoms with Gasteiger partial charge in [-0.2, -0.15) is 5.26 Å². The van der Waals surface area contributed by atoms with E-state index in [-0.39, 0.29) is 5.69 Å². The minimum atomic E-state index is -1.05. The van der Waals surface area contributed by atoms with Crippen LogP contribution in [0.15, 0.2) is 24.3 Å². The van der Waals surface area contributed by atoms with Crippen LogP contribution in [0.2, 0.25) is 0 Å². The van der Waals surface area contributed by atoms with Crippen molar-refractivity contribution in [1.82, 2.24) is 14.8 Å². The predicted octanol–water partition coefficient (Wildman–Crippen LogP) is 3.41. The van der Waals surface area contributed by atoms with Crippen LogP contribution in [-0.2, 0) is 13.5 Å². The van der Waals surface area contributed by atoms with Gasteiger partial charge in [-0.3, -0.25) is 0 Å². The number of hydrogen-bond donors (Lipinski definition) is 1. The standard InChI is InChI=1S/C19H19N5O2S/c1-5-14-13(10-20)15(16(18(25)26)24(14)4)11-6-8-12(9-7-11)17-21-22-19(27-17)23(2)3/h6-9H,5H2,1-4H3,(H,25,26). The summed E-state index contributed by atoms with van der Waals surface area (Å²) in [4.78, 5) is 13.7. The second kappa shape index (κ2) is 7.21. The van der Waals surface area contributed by atoms with Gasteiger partial charge in [-0.15, -0.1) is 10.2 Å². The number of aromatic nitrogens is 3. The molecule has 0 atom stereocenters. The van der Waals surface area contributed by atoms with Gasteiger partial charge < -0.3 is 14.6 Å². The van der Waals surface area contributed by atoms with Crippen LogP contribution in [-0.4, -0.2) is 39.9 Å². The first-order valence-electron chi connectivity index (χ1n) is 8.35. The molecule has 0 aliphatic rings. The molecule has 8 heteroatoms. The summed E-state index contributed by atoms with van der Waals surface area (Å²) in [6, 6.07) is 9.59. The molecular weight excluding hydrogens is 362 g/mol. The largest absolute Gasteiger partial charge is 0.477 e. The van der Waals surface area contributed by atoms with Crippen LogP contribution >= 0.6 is 11.3 Å². The first-order valence-corrected chi connectivity index (χ1v) is 9.17. The molecule has 0 fully saturated rings. The van der Waals surface area contributed by atoms with E-state index >= 15 is 0 Å². The molecule has 138 valence electrons. The molecule has 0 spiro atoms. The van der Waals surface area contributed by atoms with E-state index in [1.54, 1.807) is 11.6 Å². The second-order valence-electron chi connectivity index (χ2n) is 6.24. The van der Waals surface area contributed by atoms with E-state index in [4.69, 9.17) is 0 Å². The average Bonchev–Trinajstić information content (AvgIpc) is 3.24. The van der Waals surface area contributed by atoms with E-state index in [1.807, 2.05) is 50.2 Å². The number of carboxylic acids is 1. The average molecular weight is 381 g/mol. The Bertz CT molecular complexity index is 1040. The highest BCUT2D eigenvalue weighted by Crippen LogP contribution is 2.35. The Hall–Kier alpha value is -3.18. The Morgan fingerprint density at radius 3 is 2.37 bits per heavy atom. The van der Waals surface area contributed by atoms with Gasteiger partial charge in [-0.1, -0.05) is 42.5 Å². The molecule has 3 rings (SSSR count). The molecule has 2 heterocycles. The highest BCUT2D eigenvalue weighted by Gasteiger charge is 2.25. The van der Waals surface area contributed by atoms with Crippen LogP contribution in [0.1, 0.15) is 28.7 Å². The third-order valence-corrected chi connectivity index (χ3v) is 5.52. The van der Waals surface area contributed by atoms with Crippen molar-refractivity contribution in [1.29, 1.82) is 5.26 Å². The lowest BCUT2D eigenvalue weighted by Crippen LogP contribution is -2.07. The van der Waals surface area contributed by atoms with Crippen molar-refractivity contribution >= 4 is 22.4 Å². The number of hydrogen-bond acceptors (Lipinski definition) is 6. The van der Waals surface area contributed by atoms with Gasteiger partial charge in [0.15, 0.2) is 0 Å². The Labute approximate surface area is 161 Å². The molecule has 3 aromatic rings. The fourth-order valence-corrected chi connectivity index (χ4v) is 3.86. The number of carbonyl (C=O) groups is 1. The molecule has 0 unspecified atom stereocenters. The molecule has 1 aromatic carbocycles. The summed E-state index contributed by atoms with van der Waals surface area (Å²) in [6.07, 6.45) is 0.579. The van der Waals surface area contributed by atoms with Crippen molar-refractivity contribution in [2.75, 3.05) is 19.0 Å². The summed E-state index contributed by atoms with van der Waals surface area (Å²) in [5.74, 6) is -1.05. The zero-order valence-corrected chi connectivity index (χ0v) is 16.3. The van der Waals surface area contributed by atoms with Gasteiger partial charge in [0.1, 0.15) is 16.8 Å². The van der Waals surface area contributed by atoms with Crippen LogP contribution in [0.4, 0.5) is 5.13 Å². The quantitative estimate of drug-likeness (QED) is 0.728. The minimum absolute atomic E-state index is 0.127. The Balaban J connectivity index is 2.10. The topological polar surface area (TPSA) is 95.0 Å². The van der Waals surface area contributed by atoms with Crippen LogP contribution < -0.4 is 4.90 Å². The molecule has 0 aliphatic heterocycles. The summed E-state index contributed by atoms with van der Waals surface area (Å²) in [5, 5.41) is 29.2. The smallest absolute Gasteiger partial charge is 0.353 e. The molecule has 0 radical (unpaired) electrons. The van der Waals surface area contributed by atoms with Gasteiger partial charge in [0.05, 0.1) is 5.56 Å². The third kappa shape index (κ3) is 3.17. The predicted molar refractivity (Wildman–Crippen MR) is 105 cm³/mol. The minimum Gasteiger partial charge on any atom is -0.477 e. The molecule has 1 N–H and O–H groups in total. The van der Waals surface area contributed by atoms with E-state index in [2.05, 4.69) is 16.3 Å². The third-order valence-electron chi connectivity index (χ3n) is 4.38. The molecule has 0 amide bonds. The SMILES string of the molecule is CCc1c(C#N)c(-c2ccc(-c3nnc(N(C)C)s3)cc2)c(C(=O)O)n1C. The lowest BCUT2D eigenvalue weighted by atomic mass is 9.99. The van der Waals surface area contributed by atoms with E-state index in [1.165, 1.54) is 11.3 Å². The van der Waals surface area contributed by atoms with Crippen LogP contribution in [0.25, 0.3) is 21.7 Å². The summed E-state index contributed by atoms with van der Waals surface area (Å²) in [7, 11) is 5.50. The number of anilines is 1. The molecule has 0 saturated heterocycles. The van der Waals surface area contributed by atoms with Gasteiger partial charge in [0.2, 0.25) is 5.13 Å². The number of nitrogens with zero attached hydrogens (tertiary/aromatic N) is 5. The van der Waals surface area contributed by atoms with Crippen LogP contribution in [0, 0.1) is 11.3 Å². The fourth-order valence-electron chi connectivity index (χ4n) is 3.09. The number of carboxylic acid groups (broad SMARTS) is 1. The molecule has 2 aromatic heterocycles. The van der Waals surface area contributed by atoms with Crippen molar-refractivity contribution in [2.45, 2.75) is 13.3 Å². The number of nitriles is 1. The zero-order chi connectivity index (χ0) is 19.7. The molecule has 0 saturated carbocycles. The Morgan fingerprint density at radius 2 is 1.89 bits per heavy atom. The maximum Gasteiger partial charge on any atom is 0.353 e. The first-order chi connectivity index (χ1) is 12.9. The highest BCUT2D eigenvalue weighted by molar-refractivity contribution is 7.18. The van der Waals surface area contributed by atoms with Crippen molar-refractivity contribution in [3.8, 4) is 27.8 Å². The zero-order valence-electron chi connectivity index (χ0n) is 15.5. The molecule has 0 aliphatic carbocycles. The summed E-state index contributed by atoms with van der Waals surface area (Å²) < 4.78 is 1.60. The van der Waals surface area contributed by atoms with Crippen molar-refractivity contribution < 1.29 is 9.90 Å². The van der Waals surface area contributed by atoms with Gasteiger partial charge in [0.25, 0.3) is 0 Å². The normalized spacial score (nSPS) is 10.6. The van der Waals surface area contributed by atoms with E-state index in [9.17, 15) is 15.2 Å². The van der Waals surface area contributed by atoms with Crippen molar-refractivity contribution in [2.24, 2.45) is 7.05 Å². The van der Waals surface area contributed by atoms with Crippen LogP contribution in [0.5, 0.6) is 0 Å². The monoisotopic (exact) mass is 381 g/mol. The van der Waals surface area contributed by atoms with Gasteiger partial charge in [-0.25, -0.2) is 4.79 Å². The maximum absolute atomic E-state index is 11.8. The Kier molecular flexibility index (Phi) is 4.97. The van der Waals surface area contributed by atoms with E-state index < -0.39 is 5.97 Å². The summed E-state index contributed by atoms with van der Waals surface area (Å²) in [5.41, 5.74) is 3.31. The second-order valence-corrected chi connectivity index (χ2v) is 7.19. The number of rotatable bonds is 5. The molecular formula is C19H19N5O2S. The number of aromatic carboxylic acids is 1. The van der Waals surface area contributed by atoms with E-state index in [0.717, 1.165) is 15.7 Å². The molecule has 7 nitrogen and oxygen atoms in total. The molecule has 27 heavy (non-hydrogen) atoms. The lowest BCUT2D eigenvalue weighted by Gasteiger charge is -2.05. The van der Waals surface area contributed by atoms with Crippen molar-refractivity contribution in [3.05, 3.63) is 41.2 Å². The van der Waals surface area contributed by atoms with E-state index in [0.29, 0.717) is 28.8 Å². The Morgan fingerprint density at radius 1 is 1.26 bits per heavy atom. The first kappa shape index (κ1) is 18.6. The summed E-state index contributed by atoms with van der Waals surface area (Å²) >= 11 is 1.47. The van der Waals surface area contributed by atoms with Gasteiger partial charge in [0, 0.05) is 38.0 Å². The highest BCUT2D eigenvalue weighted by atomic mass is 32.1. The fraction of sp³-hybridized carbons (Fsp3) is 0.263. The molecule has 0 bridgehead atoms. The number of benzene rings is 1. The summed E-state index contributed by atoms with van der Waals surface area (Å²) in [6.45, 7) is 1.91. The maximum atomic E-state index is 11.8. The lowest BCUT2D eigenvalue weighted by molar-refractivity contribution is 0.0687. The van der Waals surface area contributed by atoms with Crippen LogP contribution in [0.3, 0.4) is 0 Å². The van der Waals surface area contributed by atoms with Gasteiger partial charge in [-0.05, 0) is 12.0 Å². The van der Waals surface area contributed by atoms with Gasteiger partial charge >= 0.3 is 5.97 Å².